The molecule has 0 unspecified atom stereocenters. The summed E-state index contributed by atoms with van der Waals surface area (Å²) in [6.07, 6.45) is 5.57. The largest absolute Gasteiger partial charge is 0.331 e. The second-order valence-corrected chi connectivity index (χ2v) is 3.04. The van der Waals surface area contributed by atoms with Crippen LogP contribution in [-0.2, 0) is 6.54 Å². The monoisotopic (exact) mass is 150 g/mol. The zero-order valence-electron chi connectivity index (χ0n) is 7.12. The Hall–Kier alpha value is -1.05. The second-order valence-electron chi connectivity index (χ2n) is 3.04. The number of rotatable bonds is 3. The Labute approximate surface area is 67.6 Å². The summed E-state index contributed by atoms with van der Waals surface area (Å²) < 4.78 is 2.11. The Balaban J connectivity index is 2.76. The lowest BCUT2D eigenvalue weighted by Gasteiger charge is -2.06. The number of nitrogens with zero attached hydrogens (tertiary/aromatic N) is 2. The van der Waals surface area contributed by atoms with Crippen LogP contribution in [-0.4, -0.2) is 9.55 Å². The number of imidazole rings is 1. The lowest BCUT2D eigenvalue weighted by Crippen LogP contribution is -2.04. The zero-order chi connectivity index (χ0) is 8.27. The summed E-state index contributed by atoms with van der Waals surface area (Å²) in [7, 11) is 0. The van der Waals surface area contributed by atoms with Crippen molar-refractivity contribution in [3.8, 4) is 0 Å². The summed E-state index contributed by atoms with van der Waals surface area (Å²) in [5.74, 6) is 1.61. The van der Waals surface area contributed by atoms with Crippen molar-refractivity contribution in [2.75, 3.05) is 0 Å². The molecule has 0 saturated heterocycles. The van der Waals surface area contributed by atoms with Gasteiger partial charge in [-0.2, -0.15) is 0 Å². The molecule has 0 amide bonds. The Morgan fingerprint density at radius 3 is 3.00 bits per heavy atom. The van der Waals surface area contributed by atoms with E-state index in [-0.39, 0.29) is 0 Å². The van der Waals surface area contributed by atoms with Gasteiger partial charge in [-0.15, -0.1) is 0 Å². The molecule has 0 radical (unpaired) electrons. The van der Waals surface area contributed by atoms with E-state index in [1.807, 2.05) is 6.20 Å². The van der Waals surface area contributed by atoms with E-state index in [0.29, 0.717) is 5.92 Å². The Kier molecular flexibility index (Phi) is 2.47. The molecule has 1 aromatic rings. The van der Waals surface area contributed by atoms with E-state index in [2.05, 4.69) is 30.0 Å². The van der Waals surface area contributed by atoms with Crippen LogP contribution >= 0.6 is 0 Å². The van der Waals surface area contributed by atoms with Gasteiger partial charge >= 0.3 is 0 Å². The van der Waals surface area contributed by atoms with Crippen LogP contribution in [0.5, 0.6) is 0 Å². The molecule has 11 heavy (non-hydrogen) atoms. The molecule has 1 rings (SSSR count). The molecule has 60 valence electrons. The van der Waals surface area contributed by atoms with E-state index >= 15 is 0 Å². The highest BCUT2D eigenvalue weighted by molar-refractivity contribution is 5.36. The molecule has 0 aromatic carbocycles. The van der Waals surface area contributed by atoms with Gasteiger partial charge in [0, 0.05) is 18.9 Å². The lowest BCUT2D eigenvalue weighted by atomic mass is 10.2. The highest BCUT2D eigenvalue weighted by atomic mass is 15.1. The zero-order valence-corrected chi connectivity index (χ0v) is 7.12. The molecular weight excluding hydrogens is 136 g/mol. The molecule has 0 saturated carbocycles. The van der Waals surface area contributed by atoms with Crippen molar-refractivity contribution in [3.63, 3.8) is 0 Å². The molecule has 0 spiro atoms. The molecule has 0 N–H and O–H groups in total. The second kappa shape index (κ2) is 3.37. The summed E-state index contributed by atoms with van der Waals surface area (Å²) in [5, 5.41) is 0. The van der Waals surface area contributed by atoms with Crippen molar-refractivity contribution >= 4 is 6.08 Å². The van der Waals surface area contributed by atoms with E-state index in [1.165, 1.54) is 0 Å². The van der Waals surface area contributed by atoms with Crippen molar-refractivity contribution in [2.45, 2.75) is 20.4 Å². The van der Waals surface area contributed by atoms with Gasteiger partial charge in [0.15, 0.2) is 0 Å². The molecule has 0 aliphatic rings. The van der Waals surface area contributed by atoms with Crippen LogP contribution in [0.15, 0.2) is 19.0 Å². The average molecular weight is 150 g/mol. The van der Waals surface area contributed by atoms with E-state index < -0.39 is 0 Å². The van der Waals surface area contributed by atoms with Crippen LogP contribution < -0.4 is 0 Å². The predicted molar refractivity (Wildman–Crippen MR) is 47.2 cm³/mol. The van der Waals surface area contributed by atoms with E-state index in [0.717, 1.165) is 12.4 Å². The summed E-state index contributed by atoms with van der Waals surface area (Å²) in [6, 6.07) is 0. The SMILES string of the molecule is C=Cc1nccn1CC(C)C. The minimum atomic E-state index is 0.655. The van der Waals surface area contributed by atoms with Crippen molar-refractivity contribution in [2.24, 2.45) is 5.92 Å². The molecule has 0 atom stereocenters. The highest BCUT2D eigenvalue weighted by Crippen LogP contribution is 2.03. The van der Waals surface area contributed by atoms with Gasteiger partial charge in [0.25, 0.3) is 0 Å². The van der Waals surface area contributed by atoms with Crippen LogP contribution in [0.3, 0.4) is 0 Å². The van der Waals surface area contributed by atoms with Crippen LogP contribution in [0.2, 0.25) is 0 Å². The average Bonchev–Trinajstić information content (AvgIpc) is 2.34. The van der Waals surface area contributed by atoms with Gasteiger partial charge in [0.1, 0.15) is 5.82 Å². The first-order chi connectivity index (χ1) is 5.24. The maximum atomic E-state index is 4.13. The van der Waals surface area contributed by atoms with Gasteiger partial charge < -0.3 is 4.57 Å². The Bertz CT molecular complexity index is 235. The normalized spacial score (nSPS) is 10.5. The van der Waals surface area contributed by atoms with E-state index in [4.69, 9.17) is 0 Å². The predicted octanol–water partition coefficient (Wildman–Crippen LogP) is 2.18. The van der Waals surface area contributed by atoms with E-state index in [1.54, 1.807) is 12.3 Å². The minimum absolute atomic E-state index is 0.655. The number of aromatic nitrogens is 2. The first kappa shape index (κ1) is 8.05. The van der Waals surface area contributed by atoms with Gasteiger partial charge in [-0.05, 0) is 12.0 Å². The summed E-state index contributed by atoms with van der Waals surface area (Å²) >= 11 is 0. The molecule has 0 aliphatic carbocycles. The summed E-state index contributed by atoms with van der Waals surface area (Å²) in [6.45, 7) is 9.08. The summed E-state index contributed by atoms with van der Waals surface area (Å²) in [4.78, 5) is 4.13. The molecular formula is C9H14N2. The van der Waals surface area contributed by atoms with Crippen LogP contribution in [0.1, 0.15) is 19.7 Å². The molecule has 0 aliphatic heterocycles. The van der Waals surface area contributed by atoms with Crippen LogP contribution in [0, 0.1) is 5.92 Å². The summed E-state index contributed by atoms with van der Waals surface area (Å²) in [5.41, 5.74) is 0. The van der Waals surface area contributed by atoms with E-state index in [9.17, 15) is 0 Å². The maximum Gasteiger partial charge on any atom is 0.131 e. The fourth-order valence-corrected chi connectivity index (χ4v) is 1.06. The molecule has 0 bridgehead atoms. The third kappa shape index (κ3) is 1.93. The van der Waals surface area contributed by atoms with Gasteiger partial charge in [-0.1, -0.05) is 20.4 Å². The number of hydrogen-bond donors (Lipinski definition) is 0. The maximum absolute atomic E-state index is 4.13. The van der Waals surface area contributed by atoms with Gasteiger partial charge in [-0.25, -0.2) is 4.98 Å². The molecule has 2 heteroatoms. The molecule has 0 fully saturated rings. The Morgan fingerprint density at radius 1 is 1.73 bits per heavy atom. The van der Waals surface area contributed by atoms with Crippen molar-refractivity contribution in [3.05, 3.63) is 24.8 Å². The molecule has 1 heterocycles. The first-order valence-corrected chi connectivity index (χ1v) is 3.87. The Morgan fingerprint density at radius 2 is 2.45 bits per heavy atom. The molecule has 2 nitrogen and oxygen atoms in total. The number of hydrogen-bond acceptors (Lipinski definition) is 1. The van der Waals surface area contributed by atoms with Gasteiger partial charge in [-0.3, -0.25) is 0 Å². The third-order valence-corrected chi connectivity index (χ3v) is 1.49. The van der Waals surface area contributed by atoms with Crippen LogP contribution in [0.4, 0.5) is 0 Å². The van der Waals surface area contributed by atoms with Gasteiger partial charge in [0.2, 0.25) is 0 Å². The fraction of sp³-hybridized carbons (Fsp3) is 0.444. The van der Waals surface area contributed by atoms with Crippen molar-refractivity contribution in [1.29, 1.82) is 0 Å². The molecule has 1 aromatic heterocycles. The quantitative estimate of drug-likeness (QED) is 0.645. The highest BCUT2D eigenvalue weighted by Gasteiger charge is 1.99. The topological polar surface area (TPSA) is 17.8 Å². The fourth-order valence-electron chi connectivity index (χ4n) is 1.06. The lowest BCUT2D eigenvalue weighted by molar-refractivity contribution is 0.520. The standard InChI is InChI=1S/C9H14N2/c1-4-9-10-5-6-11(9)7-8(2)3/h4-6,8H,1,7H2,2-3H3. The van der Waals surface area contributed by atoms with Crippen molar-refractivity contribution in [1.82, 2.24) is 9.55 Å². The smallest absolute Gasteiger partial charge is 0.131 e. The van der Waals surface area contributed by atoms with Crippen LogP contribution in [0.25, 0.3) is 6.08 Å². The first-order valence-electron chi connectivity index (χ1n) is 3.87. The van der Waals surface area contributed by atoms with Crippen molar-refractivity contribution < 1.29 is 0 Å². The minimum Gasteiger partial charge on any atom is -0.331 e. The van der Waals surface area contributed by atoms with Gasteiger partial charge in [0.05, 0.1) is 0 Å². The third-order valence-electron chi connectivity index (χ3n) is 1.49.